The van der Waals surface area contributed by atoms with Crippen LogP contribution in [0, 0.1) is 0 Å². The lowest BCUT2D eigenvalue weighted by molar-refractivity contribution is 0.674. The molecule has 0 fully saturated rings. The first-order valence-electron chi connectivity index (χ1n) is 6.56. The molecule has 1 N–H and O–H groups in total. The van der Waals surface area contributed by atoms with E-state index in [-0.39, 0.29) is 0 Å². The Morgan fingerprint density at radius 2 is 2.05 bits per heavy atom. The number of rotatable bonds is 7. The molecule has 3 nitrogen and oxygen atoms in total. The molecular weight excluding hydrogens is 254 g/mol. The molecule has 102 valence electrons. The van der Waals surface area contributed by atoms with E-state index in [0.717, 1.165) is 19.6 Å². The molecule has 0 saturated heterocycles. The second-order valence-corrected chi connectivity index (χ2v) is 5.99. The van der Waals surface area contributed by atoms with Gasteiger partial charge in [0.1, 0.15) is 0 Å². The summed E-state index contributed by atoms with van der Waals surface area (Å²) in [5.41, 5.74) is 2.52. The van der Waals surface area contributed by atoms with Crippen LogP contribution in [-0.2, 0) is 13.1 Å². The first kappa shape index (κ1) is 14.2. The second kappa shape index (κ2) is 7.36. The fourth-order valence-electron chi connectivity index (χ4n) is 1.86. The number of benzene rings is 1. The molecule has 1 heterocycles. The quantitative estimate of drug-likeness (QED) is 0.842. The van der Waals surface area contributed by atoms with Gasteiger partial charge in [-0.25, -0.2) is 0 Å². The Balaban J connectivity index is 1.82. The van der Waals surface area contributed by atoms with E-state index in [9.17, 15) is 0 Å². The Hall–Kier alpha value is -1.26. The topological polar surface area (TPSA) is 29.9 Å². The van der Waals surface area contributed by atoms with Crippen LogP contribution in [0.25, 0.3) is 0 Å². The zero-order valence-electron chi connectivity index (χ0n) is 11.5. The molecule has 0 saturated carbocycles. The Kier molecular flexibility index (Phi) is 5.48. The summed E-state index contributed by atoms with van der Waals surface area (Å²) < 4.78 is 1.99. The largest absolute Gasteiger partial charge is 0.311 e. The first-order valence-corrected chi connectivity index (χ1v) is 7.85. The molecule has 0 bridgehead atoms. The predicted molar refractivity (Wildman–Crippen MR) is 82.5 cm³/mol. The number of thioether (sulfide) groups is 1. The van der Waals surface area contributed by atoms with Gasteiger partial charge in [0, 0.05) is 30.1 Å². The number of hydrogen-bond donors (Lipinski definition) is 1. The van der Waals surface area contributed by atoms with Crippen LogP contribution in [0.5, 0.6) is 0 Å². The van der Waals surface area contributed by atoms with Gasteiger partial charge in [0.2, 0.25) is 0 Å². The van der Waals surface area contributed by atoms with Gasteiger partial charge in [-0.2, -0.15) is 16.9 Å². The molecule has 1 aromatic heterocycles. The van der Waals surface area contributed by atoms with Crippen LogP contribution < -0.4 is 5.32 Å². The Morgan fingerprint density at radius 1 is 1.26 bits per heavy atom. The van der Waals surface area contributed by atoms with Gasteiger partial charge >= 0.3 is 0 Å². The van der Waals surface area contributed by atoms with Crippen molar-refractivity contribution in [2.24, 2.45) is 0 Å². The van der Waals surface area contributed by atoms with Gasteiger partial charge in [0.25, 0.3) is 0 Å². The lowest BCUT2D eigenvalue weighted by Gasteiger charge is -2.08. The van der Waals surface area contributed by atoms with E-state index in [1.54, 1.807) is 0 Å². The number of nitrogens with zero attached hydrogens (tertiary/aromatic N) is 2. The first-order chi connectivity index (χ1) is 9.28. The summed E-state index contributed by atoms with van der Waals surface area (Å²) in [5.74, 6) is 0. The molecule has 1 aromatic carbocycles. The van der Waals surface area contributed by atoms with Crippen molar-refractivity contribution in [3.8, 4) is 0 Å². The summed E-state index contributed by atoms with van der Waals surface area (Å²) >= 11 is 1.88. The van der Waals surface area contributed by atoms with E-state index < -0.39 is 0 Å². The zero-order valence-corrected chi connectivity index (χ0v) is 12.4. The summed E-state index contributed by atoms with van der Waals surface area (Å²) in [6, 6.07) is 10.4. The maximum atomic E-state index is 4.40. The highest BCUT2D eigenvalue weighted by Gasteiger charge is 2.01. The van der Waals surface area contributed by atoms with Gasteiger partial charge in [-0.05, 0) is 11.8 Å². The van der Waals surface area contributed by atoms with Crippen molar-refractivity contribution in [1.82, 2.24) is 15.1 Å². The van der Waals surface area contributed by atoms with Crippen molar-refractivity contribution < 1.29 is 0 Å². The van der Waals surface area contributed by atoms with Gasteiger partial charge in [-0.3, -0.25) is 4.68 Å². The molecule has 4 heteroatoms. The zero-order chi connectivity index (χ0) is 13.5. The lowest BCUT2D eigenvalue weighted by atomic mass is 10.2. The van der Waals surface area contributed by atoms with Crippen LogP contribution in [0.2, 0.25) is 0 Å². The Morgan fingerprint density at radius 3 is 2.79 bits per heavy atom. The van der Waals surface area contributed by atoms with Crippen molar-refractivity contribution >= 4 is 11.8 Å². The van der Waals surface area contributed by atoms with Gasteiger partial charge in [0.15, 0.2) is 0 Å². The van der Waals surface area contributed by atoms with Crippen molar-refractivity contribution in [1.29, 1.82) is 0 Å². The average molecular weight is 275 g/mol. The number of hydrogen-bond acceptors (Lipinski definition) is 3. The van der Waals surface area contributed by atoms with Gasteiger partial charge in [0.05, 0.1) is 12.7 Å². The SMILES string of the molecule is CSC(C)CNCc1cnn(Cc2ccccc2)c1. The molecule has 2 rings (SSSR count). The molecule has 0 amide bonds. The van der Waals surface area contributed by atoms with Crippen LogP contribution in [0.3, 0.4) is 0 Å². The number of aromatic nitrogens is 2. The monoisotopic (exact) mass is 275 g/mol. The maximum absolute atomic E-state index is 4.40. The molecule has 1 atom stereocenters. The van der Waals surface area contributed by atoms with Gasteiger partial charge in [-0.15, -0.1) is 0 Å². The average Bonchev–Trinajstić information content (AvgIpc) is 2.87. The highest BCUT2D eigenvalue weighted by Crippen LogP contribution is 2.05. The maximum Gasteiger partial charge on any atom is 0.0659 e. The summed E-state index contributed by atoms with van der Waals surface area (Å²) in [6.07, 6.45) is 6.20. The van der Waals surface area contributed by atoms with Crippen molar-refractivity contribution in [3.05, 3.63) is 53.9 Å². The third kappa shape index (κ3) is 4.73. The van der Waals surface area contributed by atoms with E-state index in [0.29, 0.717) is 5.25 Å². The van der Waals surface area contributed by atoms with Crippen molar-refractivity contribution in [2.75, 3.05) is 12.8 Å². The highest BCUT2D eigenvalue weighted by atomic mass is 32.2. The Bertz CT molecular complexity index is 481. The van der Waals surface area contributed by atoms with E-state index in [4.69, 9.17) is 0 Å². The van der Waals surface area contributed by atoms with Crippen LogP contribution in [0.15, 0.2) is 42.7 Å². The molecule has 19 heavy (non-hydrogen) atoms. The van der Waals surface area contributed by atoms with Crippen molar-refractivity contribution in [3.63, 3.8) is 0 Å². The number of nitrogens with one attached hydrogen (secondary N) is 1. The molecule has 0 spiro atoms. The van der Waals surface area contributed by atoms with Crippen LogP contribution in [0.4, 0.5) is 0 Å². The minimum atomic E-state index is 0.652. The third-order valence-corrected chi connectivity index (χ3v) is 4.01. The minimum Gasteiger partial charge on any atom is -0.311 e. The molecule has 0 radical (unpaired) electrons. The lowest BCUT2D eigenvalue weighted by Crippen LogP contribution is -2.21. The Labute approximate surface area is 119 Å². The standard InChI is InChI=1S/C15H21N3S/c1-13(19-2)8-16-9-15-10-17-18(12-15)11-14-6-4-3-5-7-14/h3-7,10,12-13,16H,8-9,11H2,1-2H3. The molecule has 0 aliphatic heterocycles. The summed E-state index contributed by atoms with van der Waals surface area (Å²) in [7, 11) is 0. The predicted octanol–water partition coefficient (Wildman–Crippen LogP) is 2.77. The fourth-order valence-corrected chi connectivity index (χ4v) is 2.14. The fraction of sp³-hybridized carbons (Fsp3) is 0.400. The van der Waals surface area contributed by atoms with Crippen molar-refractivity contribution in [2.45, 2.75) is 25.3 Å². The molecule has 0 aliphatic rings. The second-order valence-electron chi connectivity index (χ2n) is 4.71. The van der Waals surface area contributed by atoms with E-state index in [1.807, 2.05) is 28.7 Å². The van der Waals surface area contributed by atoms with E-state index in [2.05, 4.69) is 54.1 Å². The smallest absolute Gasteiger partial charge is 0.0659 e. The van der Waals surface area contributed by atoms with Crippen LogP contribution >= 0.6 is 11.8 Å². The summed E-state index contributed by atoms with van der Waals surface area (Å²) in [6.45, 7) is 4.99. The minimum absolute atomic E-state index is 0.652. The van der Waals surface area contributed by atoms with Gasteiger partial charge < -0.3 is 5.32 Å². The van der Waals surface area contributed by atoms with Gasteiger partial charge in [-0.1, -0.05) is 37.3 Å². The summed E-state index contributed by atoms with van der Waals surface area (Å²) in [4.78, 5) is 0. The van der Waals surface area contributed by atoms with Crippen LogP contribution in [0.1, 0.15) is 18.1 Å². The molecule has 2 aromatic rings. The summed E-state index contributed by atoms with van der Waals surface area (Å²) in [5, 5.41) is 8.51. The normalized spacial score (nSPS) is 12.5. The molecular formula is C15H21N3S. The third-order valence-electron chi connectivity index (χ3n) is 3.04. The van der Waals surface area contributed by atoms with Crippen LogP contribution in [-0.4, -0.2) is 27.8 Å². The van der Waals surface area contributed by atoms with E-state index in [1.165, 1.54) is 11.1 Å². The van der Waals surface area contributed by atoms with E-state index >= 15 is 0 Å². The molecule has 1 unspecified atom stereocenters. The molecule has 0 aliphatic carbocycles. The highest BCUT2D eigenvalue weighted by molar-refractivity contribution is 7.99.